The number of aromatic nitrogens is 1. The lowest BCUT2D eigenvalue weighted by Crippen LogP contribution is -2.02. The average molecular weight is 456 g/mol. The van der Waals surface area contributed by atoms with Gasteiger partial charge in [0.15, 0.2) is 5.58 Å². The maximum atomic E-state index is 6.43. The van der Waals surface area contributed by atoms with Gasteiger partial charge in [-0.15, -0.1) is 0 Å². The van der Waals surface area contributed by atoms with Crippen molar-refractivity contribution in [3.05, 3.63) is 106 Å². The highest BCUT2D eigenvalue weighted by Gasteiger charge is 2.21. The molecule has 1 atom stereocenters. The summed E-state index contributed by atoms with van der Waals surface area (Å²) in [5, 5.41) is 1.07. The maximum absolute atomic E-state index is 6.43. The first-order valence-electron chi connectivity index (χ1n) is 10.2. The van der Waals surface area contributed by atoms with Gasteiger partial charge in [-0.1, -0.05) is 70.5 Å². The lowest BCUT2D eigenvalue weighted by atomic mass is 9.88. The zero-order valence-corrected chi connectivity index (χ0v) is 18.6. The van der Waals surface area contributed by atoms with Gasteiger partial charge in [-0.3, -0.25) is 4.98 Å². The number of furan rings is 1. The predicted molar refractivity (Wildman–Crippen MR) is 128 cm³/mol. The number of fused-ring (bicyclic) bond motifs is 1. The minimum Gasteiger partial charge on any atom is -0.454 e. The number of benzene rings is 2. The van der Waals surface area contributed by atoms with E-state index in [0.29, 0.717) is 5.92 Å². The monoisotopic (exact) mass is 455 g/mol. The molecule has 0 bridgehead atoms. The second kappa shape index (κ2) is 7.73. The molecule has 1 aliphatic carbocycles. The standard InChI is InChI=1S/C27H22BrNO/c1-17-7-6-8-18(2)25(17)24-16-20-11-12-29-26(27(20)30-24)22-13-21(14-23(28)15-22)19-9-4-3-5-10-19/h3-13,15-16,21H,14H2,1-2H3. The van der Waals surface area contributed by atoms with Crippen LogP contribution < -0.4 is 0 Å². The van der Waals surface area contributed by atoms with Gasteiger partial charge in [0.05, 0.1) is 0 Å². The average Bonchev–Trinajstić information content (AvgIpc) is 3.17. The third-order valence-electron chi connectivity index (χ3n) is 5.77. The van der Waals surface area contributed by atoms with Crippen LogP contribution in [0, 0.1) is 13.8 Å². The molecule has 0 saturated heterocycles. The topological polar surface area (TPSA) is 26.0 Å². The van der Waals surface area contributed by atoms with E-state index in [2.05, 4.69) is 96.5 Å². The van der Waals surface area contributed by atoms with Gasteiger partial charge in [-0.05, 0) is 59.6 Å². The van der Waals surface area contributed by atoms with E-state index < -0.39 is 0 Å². The van der Waals surface area contributed by atoms with Gasteiger partial charge in [-0.25, -0.2) is 0 Å². The summed E-state index contributed by atoms with van der Waals surface area (Å²) in [6.45, 7) is 4.26. The van der Waals surface area contributed by atoms with Crippen LogP contribution in [0.25, 0.3) is 27.9 Å². The van der Waals surface area contributed by atoms with Crippen molar-refractivity contribution in [1.82, 2.24) is 4.98 Å². The van der Waals surface area contributed by atoms with Crippen molar-refractivity contribution in [1.29, 1.82) is 0 Å². The third-order valence-corrected chi connectivity index (χ3v) is 6.32. The molecule has 0 spiro atoms. The predicted octanol–water partition coefficient (Wildman–Crippen LogP) is 7.96. The van der Waals surface area contributed by atoms with Crippen LogP contribution in [-0.2, 0) is 0 Å². The molecule has 30 heavy (non-hydrogen) atoms. The Labute approximate surface area is 185 Å². The van der Waals surface area contributed by atoms with E-state index in [9.17, 15) is 0 Å². The Morgan fingerprint density at radius 3 is 2.50 bits per heavy atom. The molecule has 1 unspecified atom stereocenters. The number of hydrogen-bond acceptors (Lipinski definition) is 2. The Balaban J connectivity index is 1.64. The Kier molecular flexibility index (Phi) is 4.92. The van der Waals surface area contributed by atoms with Gasteiger partial charge >= 0.3 is 0 Å². The second-order valence-corrected chi connectivity index (χ2v) is 8.91. The molecule has 1 aliphatic rings. The van der Waals surface area contributed by atoms with Crippen LogP contribution in [0.3, 0.4) is 0 Å². The van der Waals surface area contributed by atoms with Gasteiger partial charge < -0.3 is 4.42 Å². The Hall–Kier alpha value is -2.91. The number of pyridine rings is 1. The first kappa shape index (κ1) is 19.1. The zero-order chi connectivity index (χ0) is 20.7. The van der Waals surface area contributed by atoms with Crippen molar-refractivity contribution in [2.75, 3.05) is 0 Å². The minimum absolute atomic E-state index is 0.311. The molecular weight excluding hydrogens is 434 g/mol. The molecule has 0 fully saturated rings. The van der Waals surface area contributed by atoms with Crippen LogP contribution in [0.1, 0.15) is 34.7 Å². The molecule has 0 radical (unpaired) electrons. The molecule has 2 aromatic carbocycles. The second-order valence-electron chi connectivity index (χ2n) is 7.89. The highest BCUT2D eigenvalue weighted by molar-refractivity contribution is 9.11. The lowest BCUT2D eigenvalue weighted by molar-refractivity contribution is 0.627. The third kappa shape index (κ3) is 3.44. The Morgan fingerprint density at radius 2 is 1.73 bits per heavy atom. The maximum Gasteiger partial charge on any atom is 0.161 e. The molecule has 0 N–H and O–H groups in total. The normalized spacial score (nSPS) is 16.4. The molecule has 2 nitrogen and oxygen atoms in total. The number of halogens is 1. The van der Waals surface area contributed by atoms with Gasteiger partial charge in [0, 0.05) is 28.6 Å². The summed E-state index contributed by atoms with van der Waals surface area (Å²) < 4.78 is 7.60. The number of nitrogens with zero attached hydrogens (tertiary/aromatic N) is 1. The highest BCUT2D eigenvalue weighted by atomic mass is 79.9. The molecule has 2 heterocycles. The molecule has 0 saturated carbocycles. The van der Waals surface area contributed by atoms with Crippen LogP contribution in [0.2, 0.25) is 0 Å². The van der Waals surface area contributed by atoms with Crippen molar-refractivity contribution < 1.29 is 4.42 Å². The fourth-order valence-electron chi connectivity index (χ4n) is 4.32. The first-order valence-corrected chi connectivity index (χ1v) is 11.0. The highest BCUT2D eigenvalue weighted by Crippen LogP contribution is 2.40. The van der Waals surface area contributed by atoms with Gasteiger partial charge in [-0.2, -0.15) is 0 Å². The van der Waals surface area contributed by atoms with Crippen LogP contribution in [0.5, 0.6) is 0 Å². The molecule has 0 amide bonds. The largest absolute Gasteiger partial charge is 0.454 e. The van der Waals surface area contributed by atoms with Crippen LogP contribution in [0.4, 0.5) is 0 Å². The van der Waals surface area contributed by atoms with Gasteiger partial charge in [0.25, 0.3) is 0 Å². The minimum atomic E-state index is 0.311. The van der Waals surface area contributed by atoms with E-state index in [1.807, 2.05) is 12.3 Å². The smallest absolute Gasteiger partial charge is 0.161 e. The zero-order valence-electron chi connectivity index (χ0n) is 17.0. The lowest BCUT2D eigenvalue weighted by Gasteiger charge is -2.19. The summed E-state index contributed by atoms with van der Waals surface area (Å²) in [4.78, 5) is 4.72. The fraction of sp³-hybridized carbons (Fsp3) is 0.148. The molecule has 4 aromatic rings. The fourth-order valence-corrected chi connectivity index (χ4v) is 4.92. The van der Waals surface area contributed by atoms with Crippen molar-refractivity contribution in [3.63, 3.8) is 0 Å². The van der Waals surface area contributed by atoms with Crippen LogP contribution in [0.15, 0.2) is 87.9 Å². The molecule has 0 aliphatic heterocycles. The van der Waals surface area contributed by atoms with Crippen molar-refractivity contribution in [3.8, 4) is 11.3 Å². The van der Waals surface area contributed by atoms with E-state index in [-0.39, 0.29) is 0 Å². The first-order chi connectivity index (χ1) is 14.6. The summed E-state index contributed by atoms with van der Waals surface area (Å²) in [6.07, 6.45) is 7.30. The van der Waals surface area contributed by atoms with Crippen LogP contribution >= 0.6 is 15.9 Å². The SMILES string of the molecule is Cc1cccc(C)c1-c1cc2ccnc(C3=CC(c4ccccc4)CC(Br)=C3)c2o1. The van der Waals surface area contributed by atoms with Crippen molar-refractivity contribution in [2.45, 2.75) is 26.2 Å². The Morgan fingerprint density at radius 1 is 0.967 bits per heavy atom. The van der Waals surface area contributed by atoms with Gasteiger partial charge in [0.1, 0.15) is 11.5 Å². The van der Waals surface area contributed by atoms with Crippen molar-refractivity contribution >= 4 is 32.5 Å². The number of hydrogen-bond donors (Lipinski definition) is 0. The van der Waals surface area contributed by atoms with Gasteiger partial charge in [0.2, 0.25) is 0 Å². The summed E-state index contributed by atoms with van der Waals surface area (Å²) in [6, 6.07) is 21.1. The Bertz CT molecular complexity index is 1280. The summed E-state index contributed by atoms with van der Waals surface area (Å²) in [7, 11) is 0. The molecule has 148 valence electrons. The van der Waals surface area contributed by atoms with Crippen LogP contribution in [-0.4, -0.2) is 4.98 Å². The van der Waals surface area contributed by atoms with E-state index >= 15 is 0 Å². The van der Waals surface area contributed by atoms with E-state index in [1.165, 1.54) is 21.2 Å². The molecular formula is C27H22BrNO. The summed E-state index contributed by atoms with van der Waals surface area (Å²) >= 11 is 3.75. The summed E-state index contributed by atoms with van der Waals surface area (Å²) in [5.74, 6) is 1.21. The molecule has 3 heteroatoms. The van der Waals surface area contributed by atoms with E-state index in [1.54, 1.807) is 0 Å². The van der Waals surface area contributed by atoms with E-state index in [4.69, 9.17) is 9.40 Å². The summed E-state index contributed by atoms with van der Waals surface area (Å²) in [5.41, 5.74) is 7.72. The van der Waals surface area contributed by atoms with Crippen molar-refractivity contribution in [2.24, 2.45) is 0 Å². The molecule has 2 aromatic heterocycles. The quantitative estimate of drug-likeness (QED) is 0.313. The number of rotatable bonds is 3. The molecule has 5 rings (SSSR count). The number of allylic oxidation sites excluding steroid dienone is 4. The number of aryl methyl sites for hydroxylation is 2. The van der Waals surface area contributed by atoms with E-state index in [0.717, 1.165) is 40.0 Å².